The van der Waals surface area contributed by atoms with E-state index < -0.39 is 5.91 Å². The average Bonchev–Trinajstić information content (AvgIpc) is 3.60. The van der Waals surface area contributed by atoms with Gasteiger partial charge < -0.3 is 15.2 Å². The van der Waals surface area contributed by atoms with E-state index in [1.165, 1.54) is 18.3 Å². The van der Waals surface area contributed by atoms with Crippen molar-refractivity contribution < 1.29 is 23.3 Å². The van der Waals surface area contributed by atoms with Crippen LogP contribution in [0.3, 0.4) is 0 Å². The molecule has 0 atom stereocenters. The van der Waals surface area contributed by atoms with Crippen LogP contribution in [0.4, 0.5) is 10.2 Å². The molecular weight excluding hydrogens is 599 g/mol. The number of nitrogen functional groups attached to an aromatic ring is 1. The number of hydrazone groups is 1. The van der Waals surface area contributed by atoms with Crippen LogP contribution in [0, 0.1) is 5.82 Å². The molecule has 3 N–H and O–H groups in total. The Morgan fingerprint density at radius 3 is 2.63 bits per heavy atom. The highest BCUT2D eigenvalue weighted by Crippen LogP contribution is 2.37. The van der Waals surface area contributed by atoms with Crippen LogP contribution >= 0.6 is 15.9 Å². The summed E-state index contributed by atoms with van der Waals surface area (Å²) in [6.07, 6.45) is 1.44. The minimum atomic E-state index is -0.629. The molecule has 0 radical (unpaired) electrons. The van der Waals surface area contributed by atoms with Crippen molar-refractivity contribution in [3.8, 4) is 28.6 Å². The lowest BCUT2D eigenvalue weighted by Crippen LogP contribution is -2.22. The van der Waals surface area contributed by atoms with Crippen LogP contribution in [-0.2, 0) is 6.61 Å². The lowest BCUT2D eigenvalue weighted by atomic mass is 10.1. The minimum absolute atomic E-state index is 0.00956. The molecule has 14 heteroatoms. The van der Waals surface area contributed by atoms with Crippen LogP contribution in [0.5, 0.6) is 11.5 Å². The van der Waals surface area contributed by atoms with Crippen LogP contribution in [0.15, 0.2) is 80.9 Å². The average molecular weight is 621 g/mol. The number of amides is 1. The fourth-order valence-corrected chi connectivity index (χ4v) is 4.36. The molecule has 41 heavy (non-hydrogen) atoms. The Kier molecular flexibility index (Phi) is 8.29. The fourth-order valence-electron chi connectivity index (χ4n) is 3.78. The zero-order valence-electron chi connectivity index (χ0n) is 21.5. The van der Waals surface area contributed by atoms with E-state index in [1.807, 2.05) is 13.0 Å². The number of ether oxygens (including phenoxy) is 2. The smallest absolute Gasteiger partial charge is 0.292 e. The van der Waals surface area contributed by atoms with E-state index in [0.29, 0.717) is 33.7 Å². The van der Waals surface area contributed by atoms with Crippen LogP contribution in [0.1, 0.15) is 28.5 Å². The van der Waals surface area contributed by atoms with Gasteiger partial charge in [-0.2, -0.15) is 9.78 Å². The Bertz CT molecular complexity index is 1690. The zero-order valence-corrected chi connectivity index (χ0v) is 23.1. The number of nitrogens with zero attached hydrogens (tertiary/aromatic N) is 6. The molecule has 0 spiro atoms. The highest BCUT2D eigenvalue weighted by Gasteiger charge is 2.26. The second-order valence-electron chi connectivity index (χ2n) is 8.41. The van der Waals surface area contributed by atoms with Crippen molar-refractivity contribution in [1.29, 1.82) is 0 Å². The van der Waals surface area contributed by atoms with Crippen molar-refractivity contribution >= 4 is 33.9 Å². The molecule has 0 bridgehead atoms. The highest BCUT2D eigenvalue weighted by atomic mass is 79.9. The largest absolute Gasteiger partial charge is 0.490 e. The van der Waals surface area contributed by atoms with Gasteiger partial charge in [-0.25, -0.2) is 14.4 Å². The number of aromatic nitrogens is 5. The van der Waals surface area contributed by atoms with Gasteiger partial charge in [0.1, 0.15) is 18.1 Å². The van der Waals surface area contributed by atoms with Crippen LogP contribution < -0.4 is 20.6 Å². The number of anilines is 1. The molecule has 0 unspecified atom stereocenters. The van der Waals surface area contributed by atoms with Gasteiger partial charge in [-0.05, 0) is 68.6 Å². The van der Waals surface area contributed by atoms with E-state index in [9.17, 15) is 9.18 Å². The second-order valence-corrected chi connectivity index (χ2v) is 9.27. The Morgan fingerprint density at radius 1 is 1.15 bits per heavy atom. The van der Waals surface area contributed by atoms with E-state index in [4.69, 9.17) is 15.2 Å². The van der Waals surface area contributed by atoms with E-state index in [1.54, 1.807) is 48.5 Å². The third-order valence-corrected chi connectivity index (χ3v) is 6.23. The van der Waals surface area contributed by atoms with Crippen LogP contribution in [0.2, 0.25) is 0 Å². The number of hydrogen-bond acceptors (Lipinski definition) is 10. The van der Waals surface area contributed by atoms with Crippen molar-refractivity contribution in [2.24, 2.45) is 5.10 Å². The summed E-state index contributed by atoms with van der Waals surface area (Å²) >= 11 is 3.51. The third kappa shape index (κ3) is 6.22. The van der Waals surface area contributed by atoms with Gasteiger partial charge in [-0.1, -0.05) is 47.7 Å². The Labute approximate surface area is 241 Å². The number of carbonyl (C=O) groups excluding carboxylic acids is 1. The summed E-state index contributed by atoms with van der Waals surface area (Å²) in [4.78, 5) is 13.3. The summed E-state index contributed by atoms with van der Waals surface area (Å²) in [6.45, 7) is 2.44. The second kappa shape index (κ2) is 12.4. The zero-order chi connectivity index (χ0) is 28.8. The molecule has 2 aromatic heterocycles. The van der Waals surface area contributed by atoms with Gasteiger partial charge in [0.15, 0.2) is 17.2 Å². The first-order valence-electron chi connectivity index (χ1n) is 12.2. The maximum atomic E-state index is 13.3. The third-order valence-electron chi connectivity index (χ3n) is 5.64. The van der Waals surface area contributed by atoms with Crippen LogP contribution in [0.25, 0.3) is 17.1 Å². The predicted molar refractivity (Wildman–Crippen MR) is 150 cm³/mol. The number of nitrogens with one attached hydrogen (secondary N) is 1. The number of halogens is 2. The van der Waals surface area contributed by atoms with Gasteiger partial charge in [-0.3, -0.25) is 4.79 Å². The molecule has 0 aliphatic carbocycles. The number of rotatable bonds is 10. The van der Waals surface area contributed by atoms with E-state index >= 15 is 0 Å². The van der Waals surface area contributed by atoms with Gasteiger partial charge in [-0.15, -0.1) is 5.10 Å². The number of hydrogen-bond donors (Lipinski definition) is 2. The predicted octanol–water partition coefficient (Wildman–Crippen LogP) is 4.54. The molecule has 0 saturated heterocycles. The molecule has 0 saturated carbocycles. The molecule has 208 valence electrons. The maximum absolute atomic E-state index is 13.3. The molecule has 12 nitrogen and oxygen atoms in total. The van der Waals surface area contributed by atoms with E-state index in [0.717, 1.165) is 10.2 Å². The van der Waals surface area contributed by atoms with Crippen LogP contribution in [-0.4, -0.2) is 44.0 Å². The molecule has 0 aliphatic heterocycles. The van der Waals surface area contributed by atoms with Crippen molar-refractivity contribution in [3.63, 3.8) is 0 Å². The SMILES string of the molecule is CCOc1cc(C=NNC(=O)c2c(-c3ccccc3)nnn2-c2nonc2N)cc(Br)c1OCc1ccc(F)cc1. The normalized spacial score (nSPS) is 11.1. The topological polar surface area (TPSA) is 156 Å². The molecule has 5 aromatic rings. The molecule has 3 aromatic carbocycles. The number of carbonyl (C=O) groups is 1. The Hall–Kier alpha value is -5.11. The monoisotopic (exact) mass is 620 g/mol. The first-order valence-corrected chi connectivity index (χ1v) is 13.0. The fraction of sp³-hybridized carbons (Fsp3) is 0.111. The summed E-state index contributed by atoms with van der Waals surface area (Å²) < 4.78 is 31.3. The molecule has 0 aliphatic rings. The van der Waals surface area contributed by atoms with Gasteiger partial charge in [0.05, 0.1) is 17.3 Å². The van der Waals surface area contributed by atoms with Crippen molar-refractivity contribution in [2.45, 2.75) is 13.5 Å². The standard InChI is InChI=1S/C27H22BrFN8O4/c1-2-39-21-13-17(12-20(28)24(21)40-15-16-8-10-19(29)11-9-16)14-31-33-27(38)23-22(18-6-4-3-5-7-18)32-36-37(23)26-25(30)34-41-35-26/h3-14H,2,15H2,1H3,(H2,30,34)(H,33,38). The minimum Gasteiger partial charge on any atom is -0.490 e. The number of nitrogens with two attached hydrogens (primary N) is 1. The van der Waals surface area contributed by atoms with Crippen molar-refractivity contribution in [3.05, 3.63) is 93.8 Å². The Balaban J connectivity index is 1.38. The summed E-state index contributed by atoms with van der Waals surface area (Å²) in [5.74, 6) is -0.0803. The quantitative estimate of drug-likeness (QED) is 0.169. The summed E-state index contributed by atoms with van der Waals surface area (Å²) in [5, 5.41) is 19.6. The first kappa shape index (κ1) is 27.5. The van der Waals surface area contributed by atoms with Gasteiger partial charge >= 0.3 is 0 Å². The summed E-state index contributed by atoms with van der Waals surface area (Å²) in [5.41, 5.74) is 10.7. The summed E-state index contributed by atoms with van der Waals surface area (Å²) in [7, 11) is 0. The molecule has 0 fully saturated rings. The van der Waals surface area contributed by atoms with Crippen molar-refractivity contribution in [2.75, 3.05) is 12.3 Å². The first-order chi connectivity index (χ1) is 19.9. The highest BCUT2D eigenvalue weighted by molar-refractivity contribution is 9.10. The van der Waals surface area contributed by atoms with Crippen molar-refractivity contribution in [1.82, 2.24) is 30.7 Å². The Morgan fingerprint density at radius 2 is 1.93 bits per heavy atom. The van der Waals surface area contributed by atoms with Gasteiger partial charge in [0, 0.05) is 5.56 Å². The molecular formula is C27H22BrFN8O4. The molecule has 1 amide bonds. The van der Waals surface area contributed by atoms with E-state index in [2.05, 4.69) is 51.7 Å². The van der Waals surface area contributed by atoms with Gasteiger partial charge in [0.2, 0.25) is 11.6 Å². The lowest BCUT2D eigenvalue weighted by Gasteiger charge is -2.14. The maximum Gasteiger partial charge on any atom is 0.292 e. The molecule has 5 rings (SSSR count). The lowest BCUT2D eigenvalue weighted by molar-refractivity contribution is 0.0947. The molecule has 2 heterocycles. The number of benzene rings is 3. The van der Waals surface area contributed by atoms with Gasteiger partial charge in [0.25, 0.3) is 5.91 Å². The summed E-state index contributed by atoms with van der Waals surface area (Å²) in [6, 6.07) is 18.5. The van der Waals surface area contributed by atoms with E-state index in [-0.39, 0.29) is 35.4 Å².